The maximum Gasteiger partial charge on any atom is 0.180 e. The molecule has 0 radical (unpaired) electrons. The number of thiophene rings is 1. The molecule has 1 saturated heterocycles. The normalized spacial score (nSPS) is 25.3. The molecule has 2 unspecified atom stereocenters. The van der Waals surface area contributed by atoms with Gasteiger partial charge in [0, 0.05) is 26.3 Å². The highest BCUT2D eigenvalue weighted by atomic mass is 32.2. The van der Waals surface area contributed by atoms with Gasteiger partial charge in [-0.2, -0.15) is 0 Å². The molecule has 5 nitrogen and oxygen atoms in total. The van der Waals surface area contributed by atoms with Crippen molar-refractivity contribution < 1.29 is 13.2 Å². The zero-order valence-electron chi connectivity index (χ0n) is 12.3. The second-order valence-electron chi connectivity index (χ2n) is 6.16. The number of carbonyl (C=O) groups is 1. The zero-order valence-corrected chi connectivity index (χ0v) is 13.9. The van der Waals surface area contributed by atoms with Crippen molar-refractivity contribution in [1.29, 1.82) is 0 Å². The van der Waals surface area contributed by atoms with Crippen molar-refractivity contribution in [2.75, 3.05) is 30.0 Å². The van der Waals surface area contributed by atoms with Crippen LogP contribution < -0.4 is 10.6 Å². The Morgan fingerprint density at radius 2 is 1.86 bits per heavy atom. The van der Waals surface area contributed by atoms with E-state index in [-0.39, 0.29) is 16.4 Å². The van der Waals surface area contributed by atoms with Gasteiger partial charge in [0.25, 0.3) is 0 Å². The zero-order chi connectivity index (χ0) is 15.4. The van der Waals surface area contributed by atoms with Gasteiger partial charge in [0.2, 0.25) is 0 Å². The van der Waals surface area contributed by atoms with Crippen LogP contribution in [0.25, 0.3) is 0 Å². The molecule has 116 valence electrons. The fraction of sp³-hybridized carbons (Fsp3) is 0.643. The predicted molar refractivity (Wildman–Crippen MR) is 84.9 cm³/mol. The Bertz CT molecular complexity index is 681. The van der Waals surface area contributed by atoms with Crippen LogP contribution in [0.3, 0.4) is 0 Å². The van der Waals surface area contributed by atoms with E-state index < -0.39 is 9.84 Å². The Labute approximate surface area is 129 Å². The lowest BCUT2D eigenvalue weighted by Gasteiger charge is -2.19. The van der Waals surface area contributed by atoms with Gasteiger partial charge in [-0.25, -0.2) is 8.42 Å². The van der Waals surface area contributed by atoms with Gasteiger partial charge in [0.15, 0.2) is 15.6 Å². The molecule has 1 aromatic rings. The number of hydrogen-bond acceptors (Lipinski definition) is 6. The van der Waals surface area contributed by atoms with E-state index in [0.717, 1.165) is 19.3 Å². The number of ketones is 1. The number of nitrogens with two attached hydrogens (primary N) is 1. The molecule has 0 aromatic carbocycles. The molecule has 3 rings (SSSR count). The maximum atomic E-state index is 12.1. The summed E-state index contributed by atoms with van der Waals surface area (Å²) in [6.07, 6.45) is 4.87. The second kappa shape index (κ2) is 4.98. The fourth-order valence-corrected chi connectivity index (χ4v) is 6.27. The number of anilines is 2. The van der Waals surface area contributed by atoms with Crippen LogP contribution in [-0.2, 0) is 9.84 Å². The summed E-state index contributed by atoms with van der Waals surface area (Å²) in [5.41, 5.74) is 6.09. The van der Waals surface area contributed by atoms with Gasteiger partial charge >= 0.3 is 0 Å². The van der Waals surface area contributed by atoms with E-state index in [1.807, 2.05) is 0 Å². The Balaban J connectivity index is 2.06. The van der Waals surface area contributed by atoms with E-state index in [4.69, 9.17) is 5.73 Å². The lowest BCUT2D eigenvalue weighted by atomic mass is 10.0. The van der Waals surface area contributed by atoms with Crippen molar-refractivity contribution in [3.8, 4) is 0 Å². The Morgan fingerprint density at radius 1 is 1.29 bits per heavy atom. The Kier molecular flexibility index (Phi) is 3.52. The average molecular weight is 328 g/mol. The third-order valence-corrected chi connectivity index (χ3v) is 7.24. The molecule has 1 aromatic heterocycles. The van der Waals surface area contributed by atoms with Crippen LogP contribution in [0.5, 0.6) is 0 Å². The van der Waals surface area contributed by atoms with Crippen LogP contribution >= 0.6 is 11.3 Å². The van der Waals surface area contributed by atoms with Gasteiger partial charge in [0.05, 0.1) is 10.6 Å². The quantitative estimate of drug-likeness (QED) is 0.860. The van der Waals surface area contributed by atoms with Crippen molar-refractivity contribution in [3.63, 3.8) is 0 Å². The number of Topliss-reactive ketones (excluding diaryl/α,β-unsaturated/α-hetero) is 1. The first-order valence-corrected chi connectivity index (χ1v) is 9.88. The van der Waals surface area contributed by atoms with Crippen LogP contribution in [-0.4, -0.2) is 33.5 Å². The van der Waals surface area contributed by atoms with Gasteiger partial charge in [-0.05, 0) is 24.7 Å². The molecule has 2 N–H and O–H groups in total. The summed E-state index contributed by atoms with van der Waals surface area (Å²) in [6.45, 7) is 3.19. The molecule has 21 heavy (non-hydrogen) atoms. The number of fused-ring (bicyclic) bond motifs is 1. The molecule has 7 heteroatoms. The fourth-order valence-electron chi connectivity index (χ4n) is 3.65. The molecule has 2 fully saturated rings. The van der Waals surface area contributed by atoms with Gasteiger partial charge in [-0.1, -0.05) is 6.42 Å². The Morgan fingerprint density at radius 3 is 2.33 bits per heavy atom. The van der Waals surface area contributed by atoms with Crippen molar-refractivity contribution >= 4 is 37.6 Å². The third kappa shape index (κ3) is 2.46. The average Bonchev–Trinajstić information content (AvgIpc) is 2.97. The number of carbonyl (C=O) groups excluding carboxylic acids is 1. The number of sulfone groups is 1. The van der Waals surface area contributed by atoms with Crippen molar-refractivity contribution in [2.24, 2.45) is 11.8 Å². The highest BCUT2D eigenvalue weighted by Crippen LogP contribution is 2.46. The standard InChI is InChI=1S/C14H20N2O3S2/c1-8(17)12-11(15)13(21(2,18)19)14(20-12)16-6-9-4-3-5-10(9)7-16/h9-10H,3-7,15H2,1-2H3. The minimum absolute atomic E-state index is 0.127. The second-order valence-corrected chi connectivity index (χ2v) is 9.12. The minimum Gasteiger partial charge on any atom is -0.396 e. The van der Waals surface area contributed by atoms with Gasteiger partial charge in [0.1, 0.15) is 9.90 Å². The molecule has 0 bridgehead atoms. The summed E-state index contributed by atoms with van der Waals surface area (Å²) in [7, 11) is -3.45. The van der Waals surface area contributed by atoms with E-state index in [0.29, 0.717) is 21.7 Å². The third-order valence-electron chi connectivity index (χ3n) is 4.59. The molecular weight excluding hydrogens is 308 g/mol. The maximum absolute atomic E-state index is 12.1. The molecule has 2 aliphatic rings. The number of nitrogen functional groups attached to an aromatic ring is 1. The summed E-state index contributed by atoms with van der Waals surface area (Å²) in [5, 5.41) is 0.662. The summed E-state index contributed by atoms with van der Waals surface area (Å²) in [5.74, 6) is 1.14. The van der Waals surface area contributed by atoms with Gasteiger partial charge in [-0.15, -0.1) is 11.3 Å². The lowest BCUT2D eigenvalue weighted by Crippen LogP contribution is -2.21. The highest BCUT2D eigenvalue weighted by molar-refractivity contribution is 7.91. The topological polar surface area (TPSA) is 80.5 Å². The first-order chi connectivity index (χ1) is 9.79. The Hall–Kier alpha value is -1.08. The summed E-state index contributed by atoms with van der Waals surface area (Å²) >= 11 is 1.23. The largest absolute Gasteiger partial charge is 0.396 e. The van der Waals surface area contributed by atoms with E-state index >= 15 is 0 Å². The molecule has 0 spiro atoms. The summed E-state index contributed by atoms with van der Waals surface area (Å²) < 4.78 is 24.2. The van der Waals surface area contributed by atoms with E-state index in [2.05, 4.69) is 4.90 Å². The van der Waals surface area contributed by atoms with Crippen LogP contribution in [0.2, 0.25) is 0 Å². The first kappa shape index (κ1) is 14.8. The van der Waals surface area contributed by atoms with Crippen LogP contribution in [0.4, 0.5) is 10.7 Å². The summed E-state index contributed by atoms with van der Waals surface area (Å²) in [4.78, 5) is 14.3. The molecule has 1 aliphatic heterocycles. The van der Waals surface area contributed by atoms with E-state index in [9.17, 15) is 13.2 Å². The molecule has 0 amide bonds. The number of hydrogen-bond donors (Lipinski definition) is 1. The minimum atomic E-state index is -3.45. The van der Waals surface area contributed by atoms with Crippen LogP contribution in [0.15, 0.2) is 4.90 Å². The molecule has 1 aliphatic carbocycles. The van der Waals surface area contributed by atoms with Crippen molar-refractivity contribution in [3.05, 3.63) is 4.88 Å². The van der Waals surface area contributed by atoms with E-state index in [1.54, 1.807) is 0 Å². The van der Waals surface area contributed by atoms with Crippen molar-refractivity contribution in [1.82, 2.24) is 0 Å². The molecular formula is C14H20N2O3S2. The monoisotopic (exact) mass is 328 g/mol. The lowest BCUT2D eigenvalue weighted by molar-refractivity contribution is 0.102. The van der Waals surface area contributed by atoms with Crippen LogP contribution in [0.1, 0.15) is 35.9 Å². The highest BCUT2D eigenvalue weighted by Gasteiger charge is 2.39. The molecule has 1 saturated carbocycles. The van der Waals surface area contributed by atoms with Gasteiger partial charge in [-0.3, -0.25) is 4.79 Å². The van der Waals surface area contributed by atoms with Gasteiger partial charge < -0.3 is 10.6 Å². The SMILES string of the molecule is CC(=O)c1sc(N2CC3CCCC3C2)c(S(C)(=O)=O)c1N. The number of rotatable bonds is 3. The number of nitrogens with zero attached hydrogens (tertiary/aromatic N) is 1. The van der Waals surface area contributed by atoms with E-state index in [1.165, 1.54) is 37.5 Å². The smallest absolute Gasteiger partial charge is 0.180 e. The van der Waals surface area contributed by atoms with Crippen molar-refractivity contribution in [2.45, 2.75) is 31.1 Å². The van der Waals surface area contributed by atoms with Crippen LogP contribution in [0, 0.1) is 11.8 Å². The predicted octanol–water partition coefficient (Wildman–Crippen LogP) is 2.17. The molecule has 2 heterocycles. The summed E-state index contributed by atoms with van der Waals surface area (Å²) in [6, 6.07) is 0. The molecule has 2 atom stereocenters. The first-order valence-electron chi connectivity index (χ1n) is 7.17.